The Bertz CT molecular complexity index is 958. The van der Waals surface area contributed by atoms with E-state index in [-0.39, 0.29) is 23.6 Å². The lowest BCUT2D eigenvalue weighted by Crippen LogP contribution is -2.18. The van der Waals surface area contributed by atoms with Gasteiger partial charge in [0.15, 0.2) is 0 Å². The highest BCUT2D eigenvalue weighted by atomic mass is 35.5. The zero-order valence-electron chi connectivity index (χ0n) is 14.1. The van der Waals surface area contributed by atoms with Crippen molar-refractivity contribution in [2.24, 2.45) is 0 Å². The lowest BCUT2D eigenvalue weighted by atomic mass is 10.2. The Kier molecular flexibility index (Phi) is 4.99. The van der Waals surface area contributed by atoms with Gasteiger partial charge in [-0.1, -0.05) is 18.5 Å². The first-order chi connectivity index (χ1) is 12.5. The number of aryl methyl sites for hydroxylation is 1. The maximum Gasteiger partial charge on any atom is 0.253 e. The van der Waals surface area contributed by atoms with Crippen molar-refractivity contribution in [3.8, 4) is 11.5 Å². The van der Waals surface area contributed by atoms with Crippen LogP contribution in [0.4, 0.5) is 17.5 Å². The van der Waals surface area contributed by atoms with E-state index in [1.807, 2.05) is 6.92 Å². The molecule has 1 amide bonds. The third kappa shape index (κ3) is 3.57. The van der Waals surface area contributed by atoms with Gasteiger partial charge in [0.2, 0.25) is 11.8 Å². The molecule has 0 saturated carbocycles. The number of carbonyl (C=O) groups is 1. The first kappa shape index (κ1) is 17.6. The summed E-state index contributed by atoms with van der Waals surface area (Å²) in [6.07, 6.45) is 2.12. The monoisotopic (exact) mass is 373 g/mol. The van der Waals surface area contributed by atoms with Gasteiger partial charge in [0.1, 0.15) is 5.82 Å². The van der Waals surface area contributed by atoms with E-state index in [1.54, 1.807) is 18.2 Å². The van der Waals surface area contributed by atoms with E-state index < -0.39 is 0 Å². The van der Waals surface area contributed by atoms with Crippen LogP contribution in [-0.4, -0.2) is 33.1 Å². The van der Waals surface area contributed by atoms with Crippen molar-refractivity contribution in [3.05, 3.63) is 40.9 Å². The third-order valence-electron chi connectivity index (χ3n) is 3.51. The topological polar surface area (TPSA) is 132 Å². The van der Waals surface area contributed by atoms with Crippen LogP contribution < -0.4 is 16.4 Å². The normalized spacial score (nSPS) is 10.6. The highest BCUT2D eigenvalue weighted by molar-refractivity contribution is 6.34. The van der Waals surface area contributed by atoms with Crippen molar-refractivity contribution >= 4 is 35.0 Å². The van der Waals surface area contributed by atoms with E-state index in [0.29, 0.717) is 34.1 Å². The van der Waals surface area contributed by atoms with Crippen molar-refractivity contribution in [3.63, 3.8) is 0 Å². The van der Waals surface area contributed by atoms with Crippen LogP contribution in [0.3, 0.4) is 0 Å². The Hall–Kier alpha value is -3.20. The molecular weight excluding hydrogens is 358 g/mol. The van der Waals surface area contributed by atoms with Crippen molar-refractivity contribution in [1.82, 2.24) is 25.5 Å². The second-order valence-corrected chi connectivity index (χ2v) is 5.65. The van der Waals surface area contributed by atoms with Gasteiger partial charge in [-0.3, -0.25) is 4.79 Å². The summed E-state index contributed by atoms with van der Waals surface area (Å²) < 4.78 is 5.46. The lowest BCUT2D eigenvalue weighted by molar-refractivity contribution is 0.0963. The smallest absolute Gasteiger partial charge is 0.253 e. The van der Waals surface area contributed by atoms with Gasteiger partial charge in [-0.15, -0.1) is 10.2 Å². The van der Waals surface area contributed by atoms with Gasteiger partial charge in [-0.25, -0.2) is 4.98 Å². The number of hydrogen-bond acceptors (Lipinski definition) is 8. The number of rotatable bonds is 5. The lowest BCUT2D eigenvalue weighted by Gasteiger charge is -2.09. The maximum atomic E-state index is 11.7. The Labute approximate surface area is 154 Å². The standard InChI is InChI=1S/C16H16ClN7O2/c1-3-12-23-24-15(26-12)10-7-20-16(22-13(10)18)21-8-4-5-9(11(17)6-8)14(25)19-2/h4-7H,3H2,1-2H3,(H,19,25)(H3,18,20,21,22). The molecule has 3 aromatic rings. The van der Waals surface area contributed by atoms with Crippen LogP contribution in [0, 0.1) is 0 Å². The second kappa shape index (κ2) is 7.36. The molecule has 9 nitrogen and oxygen atoms in total. The van der Waals surface area contributed by atoms with E-state index in [4.69, 9.17) is 21.8 Å². The fourth-order valence-electron chi connectivity index (χ4n) is 2.17. The molecule has 0 unspecified atom stereocenters. The summed E-state index contributed by atoms with van der Waals surface area (Å²) >= 11 is 6.13. The van der Waals surface area contributed by atoms with Gasteiger partial charge < -0.3 is 20.8 Å². The van der Waals surface area contributed by atoms with Gasteiger partial charge in [0, 0.05) is 25.4 Å². The van der Waals surface area contributed by atoms with Crippen LogP contribution in [0.25, 0.3) is 11.5 Å². The number of nitrogens with two attached hydrogens (primary N) is 1. The summed E-state index contributed by atoms with van der Waals surface area (Å²) in [4.78, 5) is 20.1. The second-order valence-electron chi connectivity index (χ2n) is 5.25. The van der Waals surface area contributed by atoms with Crippen molar-refractivity contribution in [2.45, 2.75) is 13.3 Å². The van der Waals surface area contributed by atoms with E-state index in [9.17, 15) is 4.79 Å². The molecule has 4 N–H and O–H groups in total. The van der Waals surface area contributed by atoms with Crippen molar-refractivity contribution in [2.75, 3.05) is 18.1 Å². The maximum absolute atomic E-state index is 11.7. The van der Waals surface area contributed by atoms with Crippen molar-refractivity contribution < 1.29 is 9.21 Å². The van der Waals surface area contributed by atoms with Gasteiger partial charge in [-0.2, -0.15) is 4.98 Å². The van der Waals surface area contributed by atoms with E-state index in [0.717, 1.165) is 0 Å². The molecule has 0 fully saturated rings. The molecule has 0 radical (unpaired) electrons. The van der Waals surface area contributed by atoms with E-state index in [1.165, 1.54) is 13.2 Å². The fraction of sp³-hybridized carbons (Fsp3) is 0.188. The molecule has 0 aliphatic rings. The third-order valence-corrected chi connectivity index (χ3v) is 3.83. The SMILES string of the molecule is CCc1nnc(-c2cnc(Nc3ccc(C(=O)NC)c(Cl)c3)nc2N)o1. The molecule has 0 aliphatic carbocycles. The molecule has 134 valence electrons. The molecule has 0 atom stereocenters. The number of nitrogens with one attached hydrogen (secondary N) is 2. The molecule has 3 rings (SSSR count). The fourth-order valence-corrected chi connectivity index (χ4v) is 2.43. The number of hydrogen-bond donors (Lipinski definition) is 3. The molecule has 0 saturated heterocycles. The number of benzene rings is 1. The minimum Gasteiger partial charge on any atom is -0.421 e. The van der Waals surface area contributed by atoms with Gasteiger partial charge in [0.25, 0.3) is 11.8 Å². The number of amides is 1. The average molecular weight is 374 g/mol. The highest BCUT2D eigenvalue weighted by Crippen LogP contribution is 2.26. The van der Waals surface area contributed by atoms with E-state index in [2.05, 4.69) is 30.8 Å². The predicted octanol–water partition coefficient (Wildman–Crippen LogP) is 2.43. The summed E-state index contributed by atoms with van der Waals surface area (Å²) in [5, 5.41) is 13.6. The molecule has 2 heterocycles. The first-order valence-corrected chi connectivity index (χ1v) is 8.13. The highest BCUT2D eigenvalue weighted by Gasteiger charge is 2.14. The van der Waals surface area contributed by atoms with Crippen LogP contribution in [0.5, 0.6) is 0 Å². The number of nitrogens with zero attached hydrogens (tertiary/aromatic N) is 4. The number of anilines is 3. The van der Waals surface area contributed by atoms with Crippen molar-refractivity contribution in [1.29, 1.82) is 0 Å². The summed E-state index contributed by atoms with van der Waals surface area (Å²) in [5.41, 5.74) is 7.41. The van der Waals surface area contributed by atoms with Gasteiger partial charge >= 0.3 is 0 Å². The van der Waals surface area contributed by atoms with Crippen LogP contribution in [-0.2, 0) is 6.42 Å². The van der Waals surface area contributed by atoms with E-state index >= 15 is 0 Å². The summed E-state index contributed by atoms with van der Waals surface area (Å²) in [6, 6.07) is 4.90. The quantitative estimate of drug-likeness (QED) is 0.621. The number of halogens is 1. The van der Waals surface area contributed by atoms with Gasteiger partial charge in [-0.05, 0) is 18.2 Å². The minimum atomic E-state index is -0.266. The Morgan fingerprint density at radius 2 is 2.15 bits per heavy atom. The summed E-state index contributed by atoms with van der Waals surface area (Å²) in [5.74, 6) is 0.973. The zero-order chi connectivity index (χ0) is 18.7. The first-order valence-electron chi connectivity index (χ1n) is 7.75. The molecule has 0 aliphatic heterocycles. The number of nitrogen functional groups attached to an aromatic ring is 1. The largest absolute Gasteiger partial charge is 0.421 e. The zero-order valence-corrected chi connectivity index (χ0v) is 14.8. The molecule has 2 aromatic heterocycles. The Morgan fingerprint density at radius 3 is 2.77 bits per heavy atom. The van der Waals surface area contributed by atoms with Gasteiger partial charge in [0.05, 0.1) is 16.1 Å². The van der Waals surface area contributed by atoms with Crippen LogP contribution in [0.1, 0.15) is 23.2 Å². The van der Waals surface area contributed by atoms with Crippen LogP contribution in [0.2, 0.25) is 5.02 Å². The Morgan fingerprint density at radius 1 is 1.35 bits per heavy atom. The average Bonchev–Trinajstić information content (AvgIpc) is 3.10. The number of carbonyl (C=O) groups excluding carboxylic acids is 1. The molecule has 10 heteroatoms. The molecule has 0 spiro atoms. The molecule has 26 heavy (non-hydrogen) atoms. The minimum absolute atomic E-state index is 0.196. The summed E-state index contributed by atoms with van der Waals surface area (Å²) in [7, 11) is 1.54. The molecule has 0 bridgehead atoms. The predicted molar refractivity (Wildman–Crippen MR) is 97.2 cm³/mol. The van der Waals surface area contributed by atoms with Crippen LogP contribution >= 0.6 is 11.6 Å². The molecule has 1 aromatic carbocycles. The Balaban J connectivity index is 1.81. The van der Waals surface area contributed by atoms with Crippen LogP contribution in [0.15, 0.2) is 28.8 Å². The molecular formula is C16H16ClN7O2. The summed E-state index contributed by atoms with van der Waals surface area (Å²) in [6.45, 7) is 1.91. The number of aromatic nitrogens is 4.